The van der Waals surface area contributed by atoms with Crippen LogP contribution in [-0.2, 0) is 13.0 Å². The highest BCUT2D eigenvalue weighted by Crippen LogP contribution is 2.21. The van der Waals surface area contributed by atoms with Gasteiger partial charge in [0, 0.05) is 44.6 Å². The van der Waals surface area contributed by atoms with Crippen LogP contribution < -0.4 is 10.6 Å². The maximum absolute atomic E-state index is 8.86. The number of rotatable bonds is 4. The van der Waals surface area contributed by atoms with Crippen molar-refractivity contribution < 1.29 is 0 Å². The molecule has 5 nitrogen and oxygen atoms in total. The van der Waals surface area contributed by atoms with Gasteiger partial charge in [0.25, 0.3) is 0 Å². The molecule has 0 aliphatic carbocycles. The van der Waals surface area contributed by atoms with Crippen LogP contribution in [0.5, 0.6) is 0 Å². The molecule has 0 spiro atoms. The van der Waals surface area contributed by atoms with Crippen LogP contribution in [0, 0.1) is 11.3 Å². The van der Waals surface area contributed by atoms with E-state index in [-0.39, 0.29) is 0 Å². The van der Waals surface area contributed by atoms with Crippen molar-refractivity contribution in [3.63, 3.8) is 0 Å². The highest BCUT2D eigenvalue weighted by Gasteiger charge is 2.19. The summed E-state index contributed by atoms with van der Waals surface area (Å²) in [5, 5.41) is 8.86. The van der Waals surface area contributed by atoms with E-state index in [1.165, 1.54) is 11.1 Å². The number of aromatic nitrogens is 1. The largest absolute Gasteiger partial charge is 0.398 e. The molecule has 0 saturated carbocycles. The Bertz CT molecular complexity index is 724. The summed E-state index contributed by atoms with van der Waals surface area (Å²) in [6.45, 7) is 7.00. The number of piperazine rings is 1. The highest BCUT2D eigenvalue weighted by atomic mass is 15.3. The van der Waals surface area contributed by atoms with Crippen molar-refractivity contribution in [1.29, 1.82) is 5.26 Å². The van der Waals surface area contributed by atoms with Gasteiger partial charge in [-0.15, -0.1) is 0 Å². The molecule has 24 heavy (non-hydrogen) atoms. The molecule has 2 N–H and O–H groups in total. The lowest BCUT2D eigenvalue weighted by Gasteiger charge is -2.35. The Morgan fingerprint density at radius 1 is 1.17 bits per heavy atom. The van der Waals surface area contributed by atoms with Gasteiger partial charge in [0.2, 0.25) is 0 Å². The van der Waals surface area contributed by atoms with Crippen LogP contribution in [0.15, 0.2) is 36.5 Å². The second-order valence-corrected chi connectivity index (χ2v) is 6.12. The van der Waals surface area contributed by atoms with E-state index in [1.807, 2.05) is 24.3 Å². The number of anilines is 2. The smallest absolute Gasteiger partial charge is 0.128 e. The van der Waals surface area contributed by atoms with Crippen molar-refractivity contribution in [2.45, 2.75) is 19.9 Å². The summed E-state index contributed by atoms with van der Waals surface area (Å²) in [6.07, 6.45) is 2.61. The zero-order valence-corrected chi connectivity index (χ0v) is 14.1. The van der Waals surface area contributed by atoms with Crippen LogP contribution in [0.1, 0.15) is 23.6 Å². The van der Waals surface area contributed by atoms with Gasteiger partial charge in [-0.1, -0.05) is 19.1 Å². The summed E-state index contributed by atoms with van der Waals surface area (Å²) in [5.41, 5.74) is 10.2. The minimum atomic E-state index is 0.603. The first-order chi connectivity index (χ1) is 11.7. The molecule has 3 rings (SSSR count). The molecule has 0 bridgehead atoms. The molecule has 5 heteroatoms. The fourth-order valence-corrected chi connectivity index (χ4v) is 3.25. The maximum Gasteiger partial charge on any atom is 0.128 e. The molecule has 0 amide bonds. The monoisotopic (exact) mass is 321 g/mol. The van der Waals surface area contributed by atoms with Gasteiger partial charge in [0.15, 0.2) is 0 Å². The van der Waals surface area contributed by atoms with Crippen LogP contribution in [0.25, 0.3) is 0 Å². The fraction of sp³-hybridized carbons (Fsp3) is 0.368. The topological polar surface area (TPSA) is 69.2 Å². The van der Waals surface area contributed by atoms with Gasteiger partial charge in [-0.25, -0.2) is 4.98 Å². The number of nitrogens with two attached hydrogens (primary N) is 1. The van der Waals surface area contributed by atoms with Crippen molar-refractivity contribution in [2.75, 3.05) is 36.8 Å². The Hall–Kier alpha value is -2.58. The molecule has 2 aromatic rings. The van der Waals surface area contributed by atoms with E-state index < -0.39 is 0 Å². The fourth-order valence-electron chi connectivity index (χ4n) is 3.25. The Kier molecular flexibility index (Phi) is 4.97. The Morgan fingerprint density at radius 3 is 2.58 bits per heavy atom. The highest BCUT2D eigenvalue weighted by molar-refractivity contribution is 5.51. The third-order valence-corrected chi connectivity index (χ3v) is 4.63. The van der Waals surface area contributed by atoms with Crippen LogP contribution in [0.4, 0.5) is 11.5 Å². The van der Waals surface area contributed by atoms with Crippen molar-refractivity contribution in [2.24, 2.45) is 0 Å². The summed E-state index contributed by atoms with van der Waals surface area (Å²) in [6, 6.07) is 12.1. The molecule has 0 radical (unpaired) electrons. The number of pyridine rings is 1. The van der Waals surface area contributed by atoms with Crippen LogP contribution in [0.3, 0.4) is 0 Å². The van der Waals surface area contributed by atoms with Crippen molar-refractivity contribution in [1.82, 2.24) is 9.88 Å². The van der Waals surface area contributed by atoms with Crippen LogP contribution in [0.2, 0.25) is 0 Å². The van der Waals surface area contributed by atoms with Crippen LogP contribution in [-0.4, -0.2) is 36.1 Å². The average molecular weight is 321 g/mol. The molecule has 1 aliphatic rings. The predicted molar refractivity (Wildman–Crippen MR) is 96.7 cm³/mol. The van der Waals surface area contributed by atoms with E-state index in [2.05, 4.69) is 33.8 Å². The molecule has 1 aromatic carbocycles. The number of nitrogen functional groups attached to an aromatic ring is 1. The average Bonchev–Trinajstić information content (AvgIpc) is 2.63. The second-order valence-electron chi connectivity index (χ2n) is 6.12. The lowest BCUT2D eigenvalue weighted by Crippen LogP contribution is -2.46. The number of benzene rings is 1. The van der Waals surface area contributed by atoms with Gasteiger partial charge < -0.3 is 10.6 Å². The minimum absolute atomic E-state index is 0.603. The first-order valence-electron chi connectivity index (χ1n) is 8.41. The standard InChI is InChI=1S/C19H23N5/c1-2-17-16(4-3-5-18(17)21)14-23-8-10-24(11-9-23)19-7-6-15(12-20)13-22-19/h3-7,13H,2,8-11,14,21H2,1H3. The number of nitrogens with zero attached hydrogens (tertiary/aromatic N) is 4. The lowest BCUT2D eigenvalue weighted by atomic mass is 10.0. The molecule has 0 atom stereocenters. The number of hydrogen-bond donors (Lipinski definition) is 1. The quantitative estimate of drug-likeness (QED) is 0.876. The van der Waals surface area contributed by atoms with Crippen LogP contribution >= 0.6 is 0 Å². The maximum atomic E-state index is 8.86. The SMILES string of the molecule is CCc1c(N)cccc1CN1CCN(c2ccc(C#N)cn2)CC1. The molecular weight excluding hydrogens is 298 g/mol. The zero-order valence-electron chi connectivity index (χ0n) is 14.1. The molecule has 124 valence electrons. The van der Waals surface area contributed by atoms with E-state index >= 15 is 0 Å². The van der Waals surface area contributed by atoms with Gasteiger partial charge in [-0.05, 0) is 35.7 Å². The summed E-state index contributed by atoms with van der Waals surface area (Å²) >= 11 is 0. The molecule has 1 aromatic heterocycles. The third kappa shape index (κ3) is 3.50. The van der Waals surface area contributed by atoms with Gasteiger partial charge in [0.05, 0.1) is 5.56 Å². The van der Waals surface area contributed by atoms with E-state index in [4.69, 9.17) is 11.0 Å². The molecule has 1 fully saturated rings. The predicted octanol–water partition coefficient (Wildman–Crippen LogP) is 2.42. The Labute approximate surface area is 143 Å². The Balaban J connectivity index is 1.61. The first-order valence-corrected chi connectivity index (χ1v) is 8.41. The number of hydrogen-bond acceptors (Lipinski definition) is 5. The normalized spacial score (nSPS) is 15.2. The Morgan fingerprint density at radius 2 is 1.96 bits per heavy atom. The van der Waals surface area contributed by atoms with Gasteiger partial charge >= 0.3 is 0 Å². The summed E-state index contributed by atoms with van der Waals surface area (Å²) in [4.78, 5) is 9.13. The molecular formula is C19H23N5. The van der Waals surface area contributed by atoms with E-state index in [1.54, 1.807) is 6.20 Å². The van der Waals surface area contributed by atoms with Gasteiger partial charge in [-0.3, -0.25) is 4.90 Å². The first kappa shape index (κ1) is 16.3. The summed E-state index contributed by atoms with van der Waals surface area (Å²) in [7, 11) is 0. The van der Waals surface area contributed by atoms with Crippen molar-refractivity contribution in [3.8, 4) is 6.07 Å². The zero-order chi connectivity index (χ0) is 16.9. The van der Waals surface area contributed by atoms with E-state index in [0.717, 1.165) is 50.6 Å². The van der Waals surface area contributed by atoms with E-state index in [9.17, 15) is 0 Å². The minimum Gasteiger partial charge on any atom is -0.398 e. The van der Waals surface area contributed by atoms with Crippen molar-refractivity contribution >= 4 is 11.5 Å². The second kappa shape index (κ2) is 7.33. The molecule has 1 aliphatic heterocycles. The van der Waals surface area contributed by atoms with Gasteiger partial charge in [-0.2, -0.15) is 5.26 Å². The summed E-state index contributed by atoms with van der Waals surface area (Å²) < 4.78 is 0. The molecule has 0 unspecified atom stereocenters. The van der Waals surface area contributed by atoms with Crippen molar-refractivity contribution in [3.05, 3.63) is 53.2 Å². The third-order valence-electron chi connectivity index (χ3n) is 4.63. The molecule has 1 saturated heterocycles. The number of nitriles is 1. The van der Waals surface area contributed by atoms with E-state index in [0.29, 0.717) is 5.56 Å². The van der Waals surface area contributed by atoms with Gasteiger partial charge in [0.1, 0.15) is 11.9 Å². The lowest BCUT2D eigenvalue weighted by molar-refractivity contribution is 0.249. The molecule has 2 heterocycles. The summed E-state index contributed by atoms with van der Waals surface area (Å²) in [5.74, 6) is 0.951.